The summed E-state index contributed by atoms with van der Waals surface area (Å²) in [5.41, 5.74) is 2.46. The lowest BCUT2D eigenvalue weighted by Gasteiger charge is -2.22. The van der Waals surface area contributed by atoms with Crippen molar-refractivity contribution in [2.24, 2.45) is 0 Å². The van der Waals surface area contributed by atoms with Crippen molar-refractivity contribution in [3.05, 3.63) is 23.3 Å². The molecule has 0 spiro atoms. The summed E-state index contributed by atoms with van der Waals surface area (Å²) in [5, 5.41) is 19.1. The minimum atomic E-state index is -0.0143. The van der Waals surface area contributed by atoms with Crippen molar-refractivity contribution < 1.29 is 10.2 Å². The molecule has 0 aromatic heterocycles. The predicted molar refractivity (Wildman–Crippen MR) is 60.4 cm³/mol. The quantitative estimate of drug-likeness (QED) is 0.640. The van der Waals surface area contributed by atoms with Gasteiger partial charge in [-0.15, -0.1) is 0 Å². The Bertz CT molecular complexity index is 378. The summed E-state index contributed by atoms with van der Waals surface area (Å²) in [5.74, 6) is -0.0287. The zero-order chi connectivity index (χ0) is 11.4. The Kier molecular flexibility index (Phi) is 1.85. The number of benzene rings is 1. The van der Waals surface area contributed by atoms with Crippen LogP contribution >= 0.6 is 0 Å². The summed E-state index contributed by atoms with van der Waals surface area (Å²) in [4.78, 5) is 0. The molecular formula is C13H18O2. The van der Waals surface area contributed by atoms with Gasteiger partial charge in [0.05, 0.1) is 0 Å². The van der Waals surface area contributed by atoms with Gasteiger partial charge in [-0.2, -0.15) is 0 Å². The third-order valence-electron chi connectivity index (χ3n) is 3.46. The largest absolute Gasteiger partial charge is 0.504 e. The van der Waals surface area contributed by atoms with Gasteiger partial charge in [0.1, 0.15) is 0 Å². The third-order valence-corrected chi connectivity index (χ3v) is 3.46. The molecule has 0 amide bonds. The monoisotopic (exact) mass is 206 g/mol. The Morgan fingerprint density at radius 3 is 1.53 bits per heavy atom. The van der Waals surface area contributed by atoms with Crippen LogP contribution in [0.1, 0.15) is 45.2 Å². The molecule has 0 unspecified atom stereocenters. The van der Waals surface area contributed by atoms with E-state index in [-0.39, 0.29) is 22.3 Å². The van der Waals surface area contributed by atoms with Gasteiger partial charge in [-0.25, -0.2) is 0 Å². The van der Waals surface area contributed by atoms with Gasteiger partial charge >= 0.3 is 0 Å². The number of rotatable bonds is 0. The van der Waals surface area contributed by atoms with Gasteiger partial charge in [0, 0.05) is 0 Å². The topological polar surface area (TPSA) is 40.5 Å². The van der Waals surface area contributed by atoms with Crippen molar-refractivity contribution in [3.8, 4) is 11.5 Å². The molecular weight excluding hydrogens is 188 g/mol. The number of aromatic hydroxyl groups is 2. The maximum Gasteiger partial charge on any atom is 0.157 e. The Balaban J connectivity index is 2.71. The molecule has 0 aliphatic heterocycles. The fraction of sp³-hybridized carbons (Fsp3) is 0.538. The molecule has 0 saturated heterocycles. The molecule has 0 atom stereocenters. The second-order valence-electron chi connectivity index (χ2n) is 5.83. The first-order valence-electron chi connectivity index (χ1n) is 5.31. The summed E-state index contributed by atoms with van der Waals surface area (Å²) >= 11 is 0. The Morgan fingerprint density at radius 2 is 1.20 bits per heavy atom. The molecule has 0 fully saturated rings. The van der Waals surface area contributed by atoms with E-state index in [1.165, 1.54) is 0 Å². The van der Waals surface area contributed by atoms with Crippen molar-refractivity contribution in [2.45, 2.75) is 44.9 Å². The van der Waals surface area contributed by atoms with Gasteiger partial charge in [0.25, 0.3) is 0 Å². The Hall–Kier alpha value is -1.18. The summed E-state index contributed by atoms with van der Waals surface area (Å²) in [6, 6.07) is 3.42. The summed E-state index contributed by atoms with van der Waals surface area (Å²) in [6.07, 6.45) is 1.04. The SMILES string of the molecule is CC1(C)CC(C)(C)c2cc(O)c(O)cc21. The fourth-order valence-electron chi connectivity index (χ4n) is 2.99. The van der Waals surface area contributed by atoms with Crippen molar-refractivity contribution in [1.29, 1.82) is 0 Å². The van der Waals surface area contributed by atoms with Gasteiger partial charge < -0.3 is 10.2 Å². The van der Waals surface area contributed by atoms with E-state index in [2.05, 4.69) is 27.7 Å². The van der Waals surface area contributed by atoms with Crippen LogP contribution in [0.4, 0.5) is 0 Å². The lowest BCUT2D eigenvalue weighted by atomic mass is 9.82. The normalized spacial score (nSPS) is 21.3. The van der Waals surface area contributed by atoms with Crippen molar-refractivity contribution in [1.82, 2.24) is 0 Å². The molecule has 2 heteroatoms. The highest BCUT2D eigenvalue weighted by molar-refractivity contribution is 5.53. The second-order valence-corrected chi connectivity index (χ2v) is 5.83. The van der Waals surface area contributed by atoms with Crippen molar-refractivity contribution in [2.75, 3.05) is 0 Å². The van der Waals surface area contributed by atoms with Crippen LogP contribution in [-0.4, -0.2) is 10.2 Å². The number of phenolic OH excluding ortho intramolecular Hbond substituents is 2. The molecule has 0 radical (unpaired) electrons. The van der Waals surface area contributed by atoms with E-state index in [0.29, 0.717) is 0 Å². The van der Waals surface area contributed by atoms with Gasteiger partial charge in [0.2, 0.25) is 0 Å². The van der Waals surface area contributed by atoms with Crippen LogP contribution in [0.5, 0.6) is 11.5 Å². The van der Waals surface area contributed by atoms with Gasteiger partial charge in [-0.1, -0.05) is 27.7 Å². The minimum Gasteiger partial charge on any atom is -0.504 e. The standard InChI is InChI=1S/C13H18O2/c1-12(2)7-13(3,4)9-6-11(15)10(14)5-8(9)12/h5-6,14-15H,7H2,1-4H3. The minimum absolute atomic E-state index is 0.0143. The Morgan fingerprint density at radius 1 is 0.867 bits per heavy atom. The van der Waals surface area contributed by atoms with Crippen LogP contribution < -0.4 is 0 Å². The molecule has 0 heterocycles. The van der Waals surface area contributed by atoms with Gasteiger partial charge in [0.15, 0.2) is 11.5 Å². The molecule has 1 aliphatic carbocycles. The average molecular weight is 206 g/mol. The maximum absolute atomic E-state index is 9.54. The first-order chi connectivity index (χ1) is 6.74. The van der Waals surface area contributed by atoms with E-state index in [9.17, 15) is 10.2 Å². The van der Waals surface area contributed by atoms with E-state index in [4.69, 9.17) is 0 Å². The van der Waals surface area contributed by atoms with Crippen molar-refractivity contribution in [3.63, 3.8) is 0 Å². The lowest BCUT2D eigenvalue weighted by Crippen LogP contribution is -2.17. The number of phenols is 2. The summed E-state index contributed by atoms with van der Waals surface area (Å²) in [7, 11) is 0. The van der Waals surface area contributed by atoms with E-state index in [0.717, 1.165) is 17.5 Å². The summed E-state index contributed by atoms with van der Waals surface area (Å²) in [6.45, 7) is 8.71. The number of fused-ring (bicyclic) bond motifs is 1. The molecule has 1 aliphatic rings. The van der Waals surface area contributed by atoms with Gasteiger partial charge in [-0.3, -0.25) is 0 Å². The molecule has 15 heavy (non-hydrogen) atoms. The molecule has 1 aromatic carbocycles. The van der Waals surface area contributed by atoms with Gasteiger partial charge in [-0.05, 0) is 40.5 Å². The molecule has 82 valence electrons. The molecule has 1 aromatic rings. The highest BCUT2D eigenvalue weighted by Crippen LogP contribution is 2.51. The van der Waals surface area contributed by atoms with Crippen LogP contribution in [0.2, 0.25) is 0 Å². The zero-order valence-electron chi connectivity index (χ0n) is 9.76. The highest BCUT2D eigenvalue weighted by Gasteiger charge is 2.42. The molecule has 2 rings (SSSR count). The van der Waals surface area contributed by atoms with Crippen LogP contribution in [0.25, 0.3) is 0 Å². The average Bonchev–Trinajstić information content (AvgIpc) is 2.21. The van der Waals surface area contributed by atoms with E-state index < -0.39 is 0 Å². The second kappa shape index (κ2) is 2.69. The third kappa shape index (κ3) is 1.39. The van der Waals surface area contributed by atoms with Crippen LogP contribution in [0.15, 0.2) is 12.1 Å². The smallest absolute Gasteiger partial charge is 0.157 e. The fourth-order valence-corrected chi connectivity index (χ4v) is 2.99. The van der Waals surface area contributed by atoms with Crippen LogP contribution in [0, 0.1) is 0 Å². The molecule has 0 bridgehead atoms. The van der Waals surface area contributed by atoms with E-state index >= 15 is 0 Å². The maximum atomic E-state index is 9.54. The number of hydrogen-bond acceptors (Lipinski definition) is 2. The summed E-state index contributed by atoms with van der Waals surface area (Å²) < 4.78 is 0. The van der Waals surface area contributed by atoms with E-state index in [1.807, 2.05) is 0 Å². The van der Waals surface area contributed by atoms with Crippen LogP contribution in [-0.2, 0) is 10.8 Å². The first-order valence-corrected chi connectivity index (χ1v) is 5.31. The lowest BCUT2D eigenvalue weighted by molar-refractivity contribution is 0.401. The zero-order valence-corrected chi connectivity index (χ0v) is 9.76. The molecule has 2 nitrogen and oxygen atoms in total. The van der Waals surface area contributed by atoms with E-state index in [1.54, 1.807) is 12.1 Å². The highest BCUT2D eigenvalue weighted by atomic mass is 16.3. The molecule has 0 saturated carbocycles. The van der Waals surface area contributed by atoms with Crippen LogP contribution in [0.3, 0.4) is 0 Å². The van der Waals surface area contributed by atoms with Crippen molar-refractivity contribution >= 4 is 0 Å². The molecule has 2 N–H and O–H groups in total. The Labute approximate surface area is 90.6 Å². The first kappa shape index (κ1) is 10.3. The number of hydrogen-bond donors (Lipinski definition) is 2. The predicted octanol–water partition coefficient (Wildman–Crippen LogP) is 3.06.